The molecule has 2 atom stereocenters. The summed E-state index contributed by atoms with van der Waals surface area (Å²) in [5.74, 6) is 1.56. The van der Waals surface area contributed by atoms with E-state index in [4.69, 9.17) is 17.0 Å². The Hall–Kier alpha value is -4.50. The molecule has 184 valence electrons. The van der Waals surface area contributed by atoms with E-state index in [0.717, 1.165) is 39.8 Å². The van der Waals surface area contributed by atoms with Crippen LogP contribution in [0.2, 0.25) is 0 Å². The number of aromatic nitrogens is 5. The van der Waals surface area contributed by atoms with Crippen LogP contribution in [0.1, 0.15) is 34.7 Å². The topological polar surface area (TPSA) is 73.0 Å². The molecule has 0 spiro atoms. The molecule has 1 saturated heterocycles. The van der Waals surface area contributed by atoms with E-state index >= 15 is 0 Å². The van der Waals surface area contributed by atoms with Crippen LogP contribution in [0.25, 0.3) is 0 Å². The number of pyridine rings is 1. The van der Waals surface area contributed by atoms with Crippen molar-refractivity contribution in [3.63, 3.8) is 0 Å². The van der Waals surface area contributed by atoms with Crippen LogP contribution >= 0.6 is 12.2 Å². The van der Waals surface area contributed by atoms with Gasteiger partial charge in [-0.3, -0.25) is 9.66 Å². The molecule has 0 unspecified atom stereocenters. The zero-order chi connectivity index (χ0) is 25.4. The maximum atomic E-state index is 6.01. The molecule has 0 bridgehead atoms. The first-order chi connectivity index (χ1) is 18.1. The molecule has 37 heavy (non-hydrogen) atoms. The van der Waals surface area contributed by atoms with Gasteiger partial charge in [0.2, 0.25) is 0 Å². The monoisotopic (exact) mass is 507 g/mol. The molecule has 5 aromatic rings. The van der Waals surface area contributed by atoms with Crippen molar-refractivity contribution in [1.82, 2.24) is 29.9 Å². The second-order valence-corrected chi connectivity index (χ2v) is 9.27. The van der Waals surface area contributed by atoms with Gasteiger partial charge in [0.05, 0.1) is 17.8 Å². The summed E-state index contributed by atoms with van der Waals surface area (Å²) in [5.41, 5.74) is 5.17. The first kappa shape index (κ1) is 22.9. The minimum absolute atomic E-state index is 0.125. The van der Waals surface area contributed by atoms with Gasteiger partial charge in [-0.2, -0.15) is 0 Å². The fraction of sp³-hybridized carbons (Fsp3) is 0.143. The van der Waals surface area contributed by atoms with Crippen LogP contribution in [-0.2, 0) is 0 Å². The lowest BCUT2D eigenvalue weighted by Crippen LogP contribution is -2.29. The number of thiocarbonyl (C=S) groups is 1. The summed E-state index contributed by atoms with van der Waals surface area (Å²) in [6.07, 6.45) is 5.21. The van der Waals surface area contributed by atoms with Crippen LogP contribution in [0.3, 0.4) is 0 Å². The molecule has 8 nitrogen and oxygen atoms in total. The predicted octanol–water partition coefficient (Wildman–Crippen LogP) is 5.37. The van der Waals surface area contributed by atoms with Crippen molar-refractivity contribution < 1.29 is 4.74 Å². The van der Waals surface area contributed by atoms with Gasteiger partial charge in [-0.1, -0.05) is 24.3 Å². The number of ether oxygens (including phenoxy) is 1. The number of hydrogen-bond donors (Lipinski definition) is 1. The Labute approximate surface area is 220 Å². The highest BCUT2D eigenvalue weighted by Gasteiger charge is 2.42. The molecule has 2 aromatic carbocycles. The Balaban J connectivity index is 1.41. The second kappa shape index (κ2) is 9.51. The minimum atomic E-state index is -0.135. The Kier molecular flexibility index (Phi) is 5.90. The molecule has 9 heteroatoms. The summed E-state index contributed by atoms with van der Waals surface area (Å²) in [7, 11) is 0. The third-order valence-corrected chi connectivity index (χ3v) is 6.90. The SMILES string of the molecule is Cc1cc([C@@H]2[C@@H](c3ccccn3)NC(=S)N2c2ccc(Oc3ccccc3)cc2)c(C)n1-n1cnnc1. The van der Waals surface area contributed by atoms with Gasteiger partial charge in [-0.05, 0) is 80.7 Å². The lowest BCUT2D eigenvalue weighted by Gasteiger charge is -2.28. The highest BCUT2D eigenvalue weighted by molar-refractivity contribution is 7.80. The van der Waals surface area contributed by atoms with Crippen molar-refractivity contribution >= 4 is 23.0 Å². The van der Waals surface area contributed by atoms with Crippen LogP contribution in [0.4, 0.5) is 5.69 Å². The lowest BCUT2D eigenvalue weighted by molar-refractivity contribution is 0.482. The number of para-hydroxylation sites is 1. The van der Waals surface area contributed by atoms with Gasteiger partial charge in [-0.15, -0.1) is 10.2 Å². The van der Waals surface area contributed by atoms with Gasteiger partial charge >= 0.3 is 0 Å². The maximum Gasteiger partial charge on any atom is 0.174 e. The van der Waals surface area contributed by atoms with Gasteiger partial charge in [0.1, 0.15) is 24.2 Å². The third-order valence-electron chi connectivity index (χ3n) is 6.58. The largest absolute Gasteiger partial charge is 0.457 e. The maximum absolute atomic E-state index is 6.01. The molecule has 1 N–H and O–H groups in total. The molecule has 4 heterocycles. The Morgan fingerprint density at radius 2 is 1.57 bits per heavy atom. The average molecular weight is 508 g/mol. The van der Waals surface area contributed by atoms with E-state index in [0.29, 0.717) is 5.11 Å². The van der Waals surface area contributed by atoms with Crippen LogP contribution < -0.4 is 15.0 Å². The number of nitrogens with one attached hydrogen (secondary N) is 1. The summed E-state index contributed by atoms with van der Waals surface area (Å²) in [5, 5.41) is 12.2. The molecule has 6 rings (SSSR count). The van der Waals surface area contributed by atoms with Gasteiger partial charge in [0.25, 0.3) is 0 Å². The minimum Gasteiger partial charge on any atom is -0.457 e. The lowest BCUT2D eigenvalue weighted by atomic mass is 9.96. The second-order valence-electron chi connectivity index (χ2n) is 8.89. The average Bonchev–Trinajstić information content (AvgIpc) is 3.63. The van der Waals surface area contributed by atoms with Gasteiger partial charge in [0.15, 0.2) is 5.11 Å². The standard InChI is InChI=1S/C28H25N7OS/c1-19-16-24(20(2)35(19)33-17-30-31-18-33)27-26(25-10-6-7-15-29-25)32-28(37)34(27)21-11-13-23(14-12-21)36-22-8-4-3-5-9-22/h3-18,26-27H,1-2H3,(H,32,37)/t26-,27-/m1/s1. The van der Waals surface area contributed by atoms with Gasteiger partial charge in [-0.25, -0.2) is 4.68 Å². The summed E-state index contributed by atoms with van der Waals surface area (Å²) >= 11 is 5.90. The van der Waals surface area contributed by atoms with Crippen LogP contribution in [-0.4, -0.2) is 29.6 Å². The first-order valence-electron chi connectivity index (χ1n) is 12.0. The fourth-order valence-corrected chi connectivity index (χ4v) is 5.33. The smallest absolute Gasteiger partial charge is 0.174 e. The van der Waals surface area contributed by atoms with Crippen molar-refractivity contribution in [2.75, 3.05) is 4.90 Å². The molecule has 1 aliphatic rings. The van der Waals surface area contributed by atoms with E-state index in [9.17, 15) is 0 Å². The number of hydrogen-bond acceptors (Lipinski definition) is 5. The Morgan fingerprint density at radius 1 is 0.865 bits per heavy atom. The number of nitrogens with zero attached hydrogens (tertiary/aromatic N) is 6. The zero-order valence-electron chi connectivity index (χ0n) is 20.4. The van der Waals surface area contributed by atoms with Crippen molar-refractivity contribution in [3.05, 3.63) is 120 Å². The number of benzene rings is 2. The van der Waals surface area contributed by atoms with Crippen molar-refractivity contribution in [3.8, 4) is 11.5 Å². The van der Waals surface area contributed by atoms with Crippen molar-refractivity contribution in [1.29, 1.82) is 0 Å². The number of rotatable bonds is 6. The molecule has 0 saturated carbocycles. The van der Waals surface area contributed by atoms with Gasteiger partial charge in [0, 0.05) is 28.8 Å². The molecule has 0 aliphatic carbocycles. The Morgan fingerprint density at radius 3 is 2.27 bits per heavy atom. The fourth-order valence-electron chi connectivity index (χ4n) is 4.98. The summed E-state index contributed by atoms with van der Waals surface area (Å²) in [4.78, 5) is 6.83. The normalized spacial score (nSPS) is 17.1. The van der Waals surface area contributed by atoms with E-state index in [1.54, 1.807) is 12.7 Å². The quantitative estimate of drug-likeness (QED) is 0.310. The first-order valence-corrected chi connectivity index (χ1v) is 12.4. The van der Waals surface area contributed by atoms with E-state index in [2.05, 4.69) is 50.0 Å². The van der Waals surface area contributed by atoms with Crippen LogP contribution in [0, 0.1) is 13.8 Å². The van der Waals surface area contributed by atoms with Crippen molar-refractivity contribution in [2.24, 2.45) is 0 Å². The van der Waals surface area contributed by atoms with E-state index in [1.165, 1.54) is 0 Å². The molecule has 1 aliphatic heterocycles. The Bertz CT molecular complexity index is 1520. The molecule has 0 amide bonds. The number of aryl methyl sites for hydroxylation is 1. The summed E-state index contributed by atoms with van der Waals surface area (Å²) in [6, 6.07) is 25.7. The van der Waals surface area contributed by atoms with E-state index in [-0.39, 0.29) is 12.1 Å². The van der Waals surface area contributed by atoms with Gasteiger partial charge < -0.3 is 15.0 Å². The highest BCUT2D eigenvalue weighted by atomic mass is 32.1. The third kappa shape index (κ3) is 4.23. The predicted molar refractivity (Wildman–Crippen MR) is 146 cm³/mol. The molecule has 3 aromatic heterocycles. The summed E-state index contributed by atoms with van der Waals surface area (Å²) < 4.78 is 9.99. The van der Waals surface area contributed by atoms with E-state index in [1.807, 2.05) is 83.7 Å². The summed E-state index contributed by atoms with van der Waals surface area (Å²) in [6.45, 7) is 4.18. The molecule has 0 radical (unpaired) electrons. The van der Waals surface area contributed by atoms with Crippen molar-refractivity contribution in [2.45, 2.75) is 25.9 Å². The molecular weight excluding hydrogens is 482 g/mol. The zero-order valence-corrected chi connectivity index (χ0v) is 21.2. The van der Waals surface area contributed by atoms with Crippen LogP contribution in [0.5, 0.6) is 11.5 Å². The number of anilines is 1. The highest BCUT2D eigenvalue weighted by Crippen LogP contribution is 2.43. The molecular formula is C28H25N7OS. The van der Waals surface area contributed by atoms with E-state index < -0.39 is 0 Å². The van der Waals surface area contributed by atoms with Crippen LogP contribution in [0.15, 0.2) is 97.7 Å². The molecule has 1 fully saturated rings.